The smallest absolute Gasteiger partial charge is 0.304 e. The van der Waals surface area contributed by atoms with Gasteiger partial charge in [0.1, 0.15) is 0 Å². The van der Waals surface area contributed by atoms with E-state index in [-0.39, 0.29) is 18.2 Å². The zero-order valence-corrected chi connectivity index (χ0v) is 21.5. The molecule has 9 rings (SSSR count). The first-order chi connectivity index (χ1) is 18.5. The van der Waals surface area contributed by atoms with Gasteiger partial charge in [0, 0.05) is 55.4 Å². The summed E-state index contributed by atoms with van der Waals surface area (Å²) < 4.78 is 7.92. The number of hydrogen-bond donors (Lipinski definition) is 1. The van der Waals surface area contributed by atoms with Gasteiger partial charge in [-0.05, 0) is 59.6 Å². The highest BCUT2D eigenvalue weighted by atomic mass is 16.5. The Bertz CT molecular complexity index is 1520. The molecular weight excluding hydrogens is 478 g/mol. The minimum atomic E-state index is -0.866. The molecule has 194 valence electrons. The number of pyridine rings is 1. The number of carbonyl (C=O) groups excluding carboxylic acids is 1. The molecule has 1 amide bonds. The van der Waals surface area contributed by atoms with Gasteiger partial charge in [-0.1, -0.05) is 36.4 Å². The van der Waals surface area contributed by atoms with Crippen LogP contribution in [0, 0.1) is 0 Å². The Labute approximate surface area is 221 Å². The number of carboxylic acids is 1. The standard InChI is InChI=1S/C31H31N3O4/c1-33-19-27-25-9-5-20(14-28(25)33)4-2-3-13-38-29-10-8-23(17-32-29)26(16-30(35)36)22-7-6-21-11-12-34(31(27)37)18-24(21)15-22/h5-10,14-15,17,19,26H,2-4,11-13,16,18H2,1H3,(H,35,36). The third kappa shape index (κ3) is 4.64. The molecule has 2 aromatic carbocycles. The Morgan fingerprint density at radius 1 is 1.05 bits per heavy atom. The maximum absolute atomic E-state index is 13.7. The number of carboxylic acid groups (broad SMARTS) is 1. The second kappa shape index (κ2) is 9.97. The van der Waals surface area contributed by atoms with E-state index in [2.05, 4.69) is 35.3 Å². The van der Waals surface area contributed by atoms with E-state index >= 15 is 0 Å². The lowest BCUT2D eigenvalue weighted by Gasteiger charge is -2.30. The van der Waals surface area contributed by atoms with E-state index < -0.39 is 5.97 Å². The highest BCUT2D eigenvalue weighted by Crippen LogP contribution is 2.33. The number of benzene rings is 2. The molecule has 4 aromatic rings. The molecule has 0 aliphatic carbocycles. The van der Waals surface area contributed by atoms with Crippen molar-refractivity contribution in [3.05, 3.63) is 94.3 Å². The lowest BCUT2D eigenvalue weighted by molar-refractivity contribution is -0.137. The third-order valence-electron chi connectivity index (χ3n) is 7.87. The maximum Gasteiger partial charge on any atom is 0.304 e. The Morgan fingerprint density at radius 2 is 1.92 bits per heavy atom. The summed E-state index contributed by atoms with van der Waals surface area (Å²) in [5, 5.41) is 10.7. The van der Waals surface area contributed by atoms with Crippen LogP contribution in [0.2, 0.25) is 0 Å². The average molecular weight is 510 g/mol. The van der Waals surface area contributed by atoms with Crippen molar-refractivity contribution >= 4 is 22.8 Å². The van der Waals surface area contributed by atoms with Crippen molar-refractivity contribution in [2.75, 3.05) is 13.2 Å². The zero-order chi connectivity index (χ0) is 26.2. The number of rotatable bonds is 2. The summed E-state index contributed by atoms with van der Waals surface area (Å²) in [5.41, 5.74) is 7.06. The van der Waals surface area contributed by atoms with Crippen LogP contribution in [-0.4, -0.2) is 44.6 Å². The van der Waals surface area contributed by atoms with Gasteiger partial charge in [-0.3, -0.25) is 9.59 Å². The van der Waals surface area contributed by atoms with Crippen molar-refractivity contribution in [3.63, 3.8) is 0 Å². The number of aromatic nitrogens is 2. The van der Waals surface area contributed by atoms with Crippen LogP contribution in [0.1, 0.15) is 63.4 Å². The average Bonchev–Trinajstić information content (AvgIpc) is 3.26. The van der Waals surface area contributed by atoms with Crippen LogP contribution in [0.4, 0.5) is 0 Å². The van der Waals surface area contributed by atoms with Crippen LogP contribution in [0.5, 0.6) is 5.88 Å². The molecule has 7 nitrogen and oxygen atoms in total. The van der Waals surface area contributed by atoms with E-state index in [1.807, 2.05) is 40.9 Å². The molecule has 7 heterocycles. The topological polar surface area (TPSA) is 84.7 Å². The van der Waals surface area contributed by atoms with Crippen molar-refractivity contribution in [1.29, 1.82) is 0 Å². The minimum absolute atomic E-state index is 0.0318. The van der Waals surface area contributed by atoms with Crippen LogP contribution >= 0.6 is 0 Å². The van der Waals surface area contributed by atoms with Crippen LogP contribution in [0.15, 0.2) is 60.9 Å². The normalized spacial score (nSPS) is 17.7. The van der Waals surface area contributed by atoms with Crippen molar-refractivity contribution in [1.82, 2.24) is 14.5 Å². The van der Waals surface area contributed by atoms with Crippen LogP contribution < -0.4 is 4.74 Å². The van der Waals surface area contributed by atoms with Crippen molar-refractivity contribution in [3.8, 4) is 5.88 Å². The molecule has 0 saturated heterocycles. The van der Waals surface area contributed by atoms with Crippen LogP contribution in [-0.2, 0) is 31.2 Å². The van der Waals surface area contributed by atoms with Gasteiger partial charge >= 0.3 is 5.97 Å². The quantitative estimate of drug-likeness (QED) is 0.407. The SMILES string of the molecule is Cn1cc2c3ccc(cc31)CCCCOc1ccc(cn1)C(CC(=O)O)c1ccc3c(c1)CN(CC3)C2=O. The number of ether oxygens (including phenoxy) is 1. The molecule has 9 bridgehead atoms. The maximum atomic E-state index is 13.7. The van der Waals surface area contributed by atoms with Crippen molar-refractivity contribution in [2.24, 2.45) is 7.05 Å². The number of nitrogens with zero attached hydrogens (tertiary/aromatic N) is 3. The highest BCUT2D eigenvalue weighted by Gasteiger charge is 2.26. The van der Waals surface area contributed by atoms with Gasteiger partial charge in [0.25, 0.3) is 5.91 Å². The number of carbonyl (C=O) groups is 2. The number of aliphatic carboxylic acids is 1. The first kappa shape index (κ1) is 24.2. The van der Waals surface area contributed by atoms with Crippen molar-refractivity contribution in [2.45, 2.75) is 44.6 Å². The van der Waals surface area contributed by atoms with E-state index in [0.717, 1.165) is 58.8 Å². The summed E-state index contributed by atoms with van der Waals surface area (Å²) in [7, 11) is 1.99. The Kier molecular flexibility index (Phi) is 6.35. The van der Waals surface area contributed by atoms with E-state index in [9.17, 15) is 14.7 Å². The summed E-state index contributed by atoms with van der Waals surface area (Å²) in [4.78, 5) is 31.9. The van der Waals surface area contributed by atoms with E-state index in [0.29, 0.717) is 25.6 Å². The predicted molar refractivity (Wildman–Crippen MR) is 145 cm³/mol. The molecule has 0 spiro atoms. The summed E-state index contributed by atoms with van der Waals surface area (Å²) in [6.45, 7) is 1.72. The monoisotopic (exact) mass is 509 g/mol. The molecule has 5 aliphatic heterocycles. The summed E-state index contributed by atoms with van der Waals surface area (Å²) in [6, 6.07) is 16.3. The first-order valence-electron chi connectivity index (χ1n) is 13.3. The van der Waals surface area contributed by atoms with E-state index in [1.165, 1.54) is 11.1 Å². The number of aryl methyl sites for hydroxylation is 2. The molecule has 7 heteroatoms. The second-order valence-electron chi connectivity index (χ2n) is 10.4. The van der Waals surface area contributed by atoms with Gasteiger partial charge in [0.05, 0.1) is 18.6 Å². The van der Waals surface area contributed by atoms with Gasteiger partial charge < -0.3 is 19.3 Å². The summed E-state index contributed by atoms with van der Waals surface area (Å²) in [5.74, 6) is -0.628. The molecule has 1 atom stereocenters. The van der Waals surface area contributed by atoms with Crippen molar-refractivity contribution < 1.29 is 19.4 Å². The van der Waals surface area contributed by atoms with Gasteiger partial charge in [0.2, 0.25) is 5.88 Å². The fourth-order valence-electron chi connectivity index (χ4n) is 5.79. The fourth-order valence-corrected chi connectivity index (χ4v) is 5.79. The fraction of sp³-hybridized carbons (Fsp3) is 0.323. The Morgan fingerprint density at radius 3 is 2.74 bits per heavy atom. The lowest BCUT2D eigenvalue weighted by atomic mass is 9.86. The van der Waals surface area contributed by atoms with E-state index in [4.69, 9.17) is 4.74 Å². The molecule has 0 fully saturated rings. The van der Waals surface area contributed by atoms with Gasteiger partial charge in [-0.2, -0.15) is 0 Å². The third-order valence-corrected chi connectivity index (χ3v) is 7.87. The predicted octanol–water partition coefficient (Wildman–Crippen LogP) is 5.09. The molecule has 2 aromatic heterocycles. The first-order valence-corrected chi connectivity index (χ1v) is 13.3. The summed E-state index contributed by atoms with van der Waals surface area (Å²) >= 11 is 0. The van der Waals surface area contributed by atoms with Gasteiger partial charge in [-0.15, -0.1) is 0 Å². The Hall–Kier alpha value is -4.13. The molecule has 5 aliphatic rings. The molecule has 1 N–H and O–H groups in total. The Balaban J connectivity index is 1.41. The highest BCUT2D eigenvalue weighted by molar-refractivity contribution is 6.07. The minimum Gasteiger partial charge on any atom is -0.481 e. The molecule has 38 heavy (non-hydrogen) atoms. The van der Waals surface area contributed by atoms with Crippen LogP contribution in [0.3, 0.4) is 0 Å². The largest absolute Gasteiger partial charge is 0.481 e. The van der Waals surface area contributed by atoms with Gasteiger partial charge in [-0.25, -0.2) is 4.98 Å². The molecule has 0 radical (unpaired) electrons. The van der Waals surface area contributed by atoms with Gasteiger partial charge in [0.15, 0.2) is 0 Å². The number of amides is 1. The molecular formula is C31H31N3O4. The number of hydrogen-bond acceptors (Lipinski definition) is 4. The molecule has 1 unspecified atom stereocenters. The molecule has 0 saturated carbocycles. The van der Waals surface area contributed by atoms with Crippen LogP contribution in [0.25, 0.3) is 10.9 Å². The zero-order valence-electron chi connectivity index (χ0n) is 21.5. The second-order valence-corrected chi connectivity index (χ2v) is 10.4. The summed E-state index contributed by atoms with van der Waals surface area (Å²) in [6.07, 6.45) is 7.21. The lowest BCUT2D eigenvalue weighted by Crippen LogP contribution is -2.36. The van der Waals surface area contributed by atoms with E-state index in [1.54, 1.807) is 6.20 Å².